The predicted molar refractivity (Wildman–Crippen MR) is 72.8 cm³/mol. The van der Waals surface area contributed by atoms with E-state index in [0.29, 0.717) is 6.54 Å². The lowest BCUT2D eigenvalue weighted by atomic mass is 9.92. The molecule has 96 valence electrons. The van der Waals surface area contributed by atoms with Crippen molar-refractivity contribution in [3.8, 4) is 0 Å². The summed E-state index contributed by atoms with van der Waals surface area (Å²) in [7, 11) is 0. The molecule has 1 heterocycles. The SMILES string of the molecule is Cc1cn(CC(C)(C)C(=O)NN)c2ccccc12. The first-order valence-electron chi connectivity index (χ1n) is 6.01. The number of carbonyl (C=O) groups excluding carboxylic acids is 1. The third-order valence-electron chi connectivity index (χ3n) is 3.30. The average Bonchev–Trinajstić information content (AvgIpc) is 2.65. The van der Waals surface area contributed by atoms with Crippen molar-refractivity contribution in [2.75, 3.05) is 0 Å². The summed E-state index contributed by atoms with van der Waals surface area (Å²) in [6, 6.07) is 8.20. The van der Waals surface area contributed by atoms with Crippen LogP contribution in [-0.2, 0) is 11.3 Å². The van der Waals surface area contributed by atoms with Gasteiger partial charge in [-0.3, -0.25) is 10.2 Å². The van der Waals surface area contributed by atoms with Crippen LogP contribution in [0.3, 0.4) is 0 Å². The van der Waals surface area contributed by atoms with Crippen molar-refractivity contribution in [3.63, 3.8) is 0 Å². The van der Waals surface area contributed by atoms with Crippen molar-refractivity contribution in [3.05, 3.63) is 36.0 Å². The lowest BCUT2D eigenvalue weighted by Gasteiger charge is -2.23. The molecule has 0 saturated heterocycles. The monoisotopic (exact) mass is 245 g/mol. The average molecular weight is 245 g/mol. The Morgan fingerprint density at radius 2 is 2.06 bits per heavy atom. The summed E-state index contributed by atoms with van der Waals surface area (Å²) in [6.07, 6.45) is 2.08. The van der Waals surface area contributed by atoms with Gasteiger partial charge in [0.25, 0.3) is 0 Å². The van der Waals surface area contributed by atoms with Gasteiger partial charge in [0.05, 0.1) is 5.41 Å². The number of hydrogen-bond acceptors (Lipinski definition) is 2. The van der Waals surface area contributed by atoms with Crippen molar-refractivity contribution in [1.29, 1.82) is 0 Å². The Morgan fingerprint density at radius 3 is 2.72 bits per heavy atom. The normalized spacial score (nSPS) is 11.8. The zero-order valence-electron chi connectivity index (χ0n) is 11.0. The molecular weight excluding hydrogens is 226 g/mol. The number of nitrogens with zero attached hydrogens (tertiary/aromatic N) is 1. The van der Waals surface area contributed by atoms with Crippen LogP contribution in [0.4, 0.5) is 0 Å². The summed E-state index contributed by atoms with van der Waals surface area (Å²) < 4.78 is 2.11. The highest BCUT2D eigenvalue weighted by molar-refractivity contribution is 5.85. The number of para-hydroxylation sites is 1. The number of nitrogens with two attached hydrogens (primary N) is 1. The van der Waals surface area contributed by atoms with Crippen LogP contribution in [-0.4, -0.2) is 10.5 Å². The zero-order valence-corrected chi connectivity index (χ0v) is 11.0. The number of benzene rings is 1. The Kier molecular flexibility index (Phi) is 3.13. The van der Waals surface area contributed by atoms with E-state index >= 15 is 0 Å². The largest absolute Gasteiger partial charge is 0.346 e. The number of aromatic nitrogens is 1. The molecule has 1 aromatic carbocycles. The quantitative estimate of drug-likeness (QED) is 0.493. The second kappa shape index (κ2) is 4.46. The van der Waals surface area contributed by atoms with Crippen LogP contribution < -0.4 is 11.3 Å². The van der Waals surface area contributed by atoms with Crippen molar-refractivity contribution < 1.29 is 4.79 Å². The molecule has 1 amide bonds. The summed E-state index contributed by atoms with van der Waals surface area (Å²) in [5.74, 6) is 5.07. The van der Waals surface area contributed by atoms with Crippen LogP contribution in [0.5, 0.6) is 0 Å². The van der Waals surface area contributed by atoms with Crippen molar-refractivity contribution >= 4 is 16.8 Å². The smallest absolute Gasteiger partial charge is 0.241 e. The van der Waals surface area contributed by atoms with Crippen LogP contribution in [0.2, 0.25) is 0 Å². The number of nitrogens with one attached hydrogen (secondary N) is 1. The molecule has 0 aliphatic rings. The van der Waals surface area contributed by atoms with Gasteiger partial charge in [-0.25, -0.2) is 5.84 Å². The molecule has 0 bridgehead atoms. The summed E-state index contributed by atoms with van der Waals surface area (Å²) in [5.41, 5.74) is 4.05. The third-order valence-corrected chi connectivity index (χ3v) is 3.30. The van der Waals surface area contributed by atoms with E-state index in [1.807, 2.05) is 26.0 Å². The molecule has 0 spiro atoms. The van der Waals surface area contributed by atoms with Gasteiger partial charge in [-0.1, -0.05) is 18.2 Å². The summed E-state index contributed by atoms with van der Waals surface area (Å²) in [5, 5.41) is 1.22. The molecular formula is C14H19N3O. The van der Waals surface area contributed by atoms with Crippen LogP contribution >= 0.6 is 0 Å². The number of aryl methyl sites for hydroxylation is 1. The standard InChI is InChI=1S/C14H19N3O/c1-10-8-17(9-14(2,3)13(18)16-15)12-7-5-4-6-11(10)12/h4-8H,9,15H2,1-3H3,(H,16,18). The van der Waals surface area contributed by atoms with Gasteiger partial charge in [0.15, 0.2) is 0 Å². The second-order valence-corrected chi connectivity index (χ2v) is 5.31. The number of hydrogen-bond donors (Lipinski definition) is 2. The van der Waals surface area contributed by atoms with Crippen LogP contribution in [0.1, 0.15) is 19.4 Å². The highest BCUT2D eigenvalue weighted by Crippen LogP contribution is 2.25. The van der Waals surface area contributed by atoms with Gasteiger partial charge in [0.1, 0.15) is 0 Å². The molecule has 2 rings (SSSR count). The molecule has 0 saturated carbocycles. The van der Waals surface area contributed by atoms with Crippen molar-refractivity contribution in [1.82, 2.24) is 9.99 Å². The van der Waals surface area contributed by atoms with E-state index in [0.717, 1.165) is 5.52 Å². The van der Waals surface area contributed by atoms with E-state index in [2.05, 4.69) is 35.2 Å². The van der Waals surface area contributed by atoms with Gasteiger partial charge in [0, 0.05) is 23.6 Å². The van der Waals surface area contributed by atoms with Gasteiger partial charge in [-0.05, 0) is 32.4 Å². The minimum Gasteiger partial charge on any atom is -0.346 e. The van der Waals surface area contributed by atoms with Gasteiger partial charge in [0.2, 0.25) is 5.91 Å². The first-order chi connectivity index (χ1) is 8.45. The zero-order chi connectivity index (χ0) is 13.3. The number of rotatable bonds is 3. The molecule has 0 atom stereocenters. The topological polar surface area (TPSA) is 60.0 Å². The summed E-state index contributed by atoms with van der Waals surface area (Å²) in [6.45, 7) is 6.46. The Bertz CT molecular complexity index is 584. The summed E-state index contributed by atoms with van der Waals surface area (Å²) >= 11 is 0. The minimum atomic E-state index is -0.539. The number of hydrazine groups is 1. The number of carbonyl (C=O) groups is 1. The van der Waals surface area contributed by atoms with Gasteiger partial charge in [-0.2, -0.15) is 0 Å². The van der Waals surface area contributed by atoms with Gasteiger partial charge >= 0.3 is 0 Å². The van der Waals surface area contributed by atoms with Crippen LogP contribution in [0, 0.1) is 12.3 Å². The first kappa shape index (κ1) is 12.6. The fraction of sp³-hybridized carbons (Fsp3) is 0.357. The first-order valence-corrected chi connectivity index (χ1v) is 6.01. The highest BCUT2D eigenvalue weighted by Gasteiger charge is 2.28. The molecule has 0 aliphatic heterocycles. The molecule has 2 aromatic rings. The Morgan fingerprint density at radius 1 is 1.39 bits per heavy atom. The lowest BCUT2D eigenvalue weighted by molar-refractivity contribution is -0.130. The van der Waals surface area contributed by atoms with Gasteiger partial charge < -0.3 is 4.57 Å². The molecule has 0 radical (unpaired) electrons. The third kappa shape index (κ3) is 2.11. The molecule has 4 nitrogen and oxygen atoms in total. The van der Waals surface area contributed by atoms with Crippen LogP contribution in [0.15, 0.2) is 30.5 Å². The fourth-order valence-electron chi connectivity index (χ4n) is 2.25. The maximum Gasteiger partial charge on any atom is 0.241 e. The molecule has 3 N–H and O–H groups in total. The molecule has 18 heavy (non-hydrogen) atoms. The fourth-order valence-corrected chi connectivity index (χ4v) is 2.25. The maximum atomic E-state index is 11.7. The molecule has 4 heteroatoms. The van der Waals surface area contributed by atoms with Crippen LogP contribution in [0.25, 0.3) is 10.9 Å². The Balaban J connectivity index is 2.41. The van der Waals surface area contributed by atoms with E-state index in [1.54, 1.807) is 0 Å². The number of amides is 1. The van der Waals surface area contributed by atoms with Crippen molar-refractivity contribution in [2.24, 2.45) is 11.3 Å². The molecule has 0 unspecified atom stereocenters. The minimum absolute atomic E-state index is 0.155. The Hall–Kier alpha value is -1.81. The second-order valence-electron chi connectivity index (χ2n) is 5.31. The highest BCUT2D eigenvalue weighted by atomic mass is 16.2. The predicted octanol–water partition coefficient (Wildman–Crippen LogP) is 1.97. The number of fused-ring (bicyclic) bond motifs is 1. The van der Waals surface area contributed by atoms with Gasteiger partial charge in [-0.15, -0.1) is 0 Å². The Labute approximate surface area is 107 Å². The van der Waals surface area contributed by atoms with E-state index in [1.165, 1.54) is 10.9 Å². The maximum absolute atomic E-state index is 11.7. The lowest BCUT2D eigenvalue weighted by Crippen LogP contribution is -2.43. The summed E-state index contributed by atoms with van der Waals surface area (Å²) in [4.78, 5) is 11.7. The van der Waals surface area contributed by atoms with E-state index in [4.69, 9.17) is 5.84 Å². The van der Waals surface area contributed by atoms with E-state index < -0.39 is 5.41 Å². The molecule has 0 aliphatic carbocycles. The van der Waals surface area contributed by atoms with Crippen molar-refractivity contribution in [2.45, 2.75) is 27.3 Å². The molecule has 1 aromatic heterocycles. The molecule has 0 fully saturated rings. The van der Waals surface area contributed by atoms with E-state index in [-0.39, 0.29) is 5.91 Å². The van der Waals surface area contributed by atoms with E-state index in [9.17, 15) is 4.79 Å².